The molecule has 118 valence electrons. The molecule has 0 bridgehead atoms. The lowest BCUT2D eigenvalue weighted by atomic mass is 10.0. The van der Waals surface area contributed by atoms with Crippen molar-refractivity contribution < 1.29 is 24.2 Å². The van der Waals surface area contributed by atoms with E-state index in [1.807, 2.05) is 13.8 Å². The molecular formula is C16H19NO5. The lowest BCUT2D eigenvalue weighted by Crippen LogP contribution is -2.47. The summed E-state index contributed by atoms with van der Waals surface area (Å²) in [5.41, 5.74) is 0.941. The van der Waals surface area contributed by atoms with Crippen LogP contribution in [-0.2, 0) is 9.59 Å². The number of carboxylic acids is 1. The van der Waals surface area contributed by atoms with Crippen molar-refractivity contribution >= 4 is 23.3 Å². The number of benzene rings is 1. The molecule has 1 aliphatic rings. The number of hydrogen-bond acceptors (Lipinski definition) is 4. The van der Waals surface area contributed by atoms with Gasteiger partial charge in [0.05, 0.1) is 12.1 Å². The van der Waals surface area contributed by atoms with Gasteiger partial charge in [-0.3, -0.25) is 14.4 Å². The van der Waals surface area contributed by atoms with Crippen LogP contribution in [0.1, 0.15) is 44.0 Å². The molecule has 1 atom stereocenters. The molecule has 1 aromatic carbocycles. The molecular weight excluding hydrogens is 286 g/mol. The fourth-order valence-corrected chi connectivity index (χ4v) is 2.43. The predicted molar refractivity (Wildman–Crippen MR) is 80.4 cm³/mol. The van der Waals surface area contributed by atoms with E-state index in [9.17, 15) is 14.4 Å². The molecule has 1 aliphatic heterocycles. The van der Waals surface area contributed by atoms with Crippen molar-refractivity contribution in [2.75, 3.05) is 4.90 Å². The van der Waals surface area contributed by atoms with E-state index < -0.39 is 12.1 Å². The largest absolute Gasteiger partial charge is 0.481 e. The SMILES string of the molecule is CC1Oc2ccc(C(=O)CCC(=O)O)cc2N(C(C)C)C1=O. The topological polar surface area (TPSA) is 83.9 Å². The predicted octanol–water partition coefficient (Wildman–Crippen LogP) is 2.26. The van der Waals surface area contributed by atoms with E-state index in [4.69, 9.17) is 9.84 Å². The molecule has 0 spiro atoms. The third kappa shape index (κ3) is 3.10. The average molecular weight is 305 g/mol. The molecule has 1 N–H and O–H groups in total. The normalized spacial score (nSPS) is 17.2. The van der Waals surface area contributed by atoms with Crippen LogP contribution in [0.2, 0.25) is 0 Å². The third-order valence-corrected chi connectivity index (χ3v) is 3.51. The van der Waals surface area contributed by atoms with Crippen molar-refractivity contribution in [2.24, 2.45) is 0 Å². The number of aliphatic carboxylic acids is 1. The summed E-state index contributed by atoms with van der Waals surface area (Å²) < 4.78 is 5.56. The molecule has 1 unspecified atom stereocenters. The van der Waals surface area contributed by atoms with E-state index in [0.29, 0.717) is 17.0 Å². The fraction of sp³-hybridized carbons (Fsp3) is 0.438. The van der Waals surface area contributed by atoms with Gasteiger partial charge in [0.1, 0.15) is 5.75 Å². The van der Waals surface area contributed by atoms with Crippen molar-refractivity contribution in [3.8, 4) is 5.75 Å². The first-order chi connectivity index (χ1) is 10.3. The van der Waals surface area contributed by atoms with E-state index in [1.54, 1.807) is 30.0 Å². The maximum atomic E-state index is 12.3. The number of amides is 1. The molecule has 1 heterocycles. The summed E-state index contributed by atoms with van der Waals surface area (Å²) in [4.78, 5) is 36.5. The summed E-state index contributed by atoms with van der Waals surface area (Å²) in [6.45, 7) is 5.46. The third-order valence-electron chi connectivity index (χ3n) is 3.51. The van der Waals surface area contributed by atoms with Gasteiger partial charge in [0.2, 0.25) is 0 Å². The summed E-state index contributed by atoms with van der Waals surface area (Å²) in [6.07, 6.45) is -0.847. The molecule has 0 aromatic heterocycles. The van der Waals surface area contributed by atoms with Gasteiger partial charge >= 0.3 is 5.97 Å². The molecule has 1 aromatic rings. The molecule has 0 radical (unpaired) electrons. The van der Waals surface area contributed by atoms with E-state index in [-0.39, 0.29) is 30.6 Å². The summed E-state index contributed by atoms with van der Waals surface area (Å²) >= 11 is 0. The zero-order valence-corrected chi connectivity index (χ0v) is 12.8. The number of nitrogens with zero attached hydrogens (tertiary/aromatic N) is 1. The van der Waals surface area contributed by atoms with E-state index in [1.165, 1.54) is 0 Å². The monoisotopic (exact) mass is 305 g/mol. The number of carbonyl (C=O) groups excluding carboxylic acids is 2. The smallest absolute Gasteiger partial charge is 0.303 e. The van der Waals surface area contributed by atoms with Gasteiger partial charge in [0.15, 0.2) is 11.9 Å². The minimum Gasteiger partial charge on any atom is -0.481 e. The van der Waals surface area contributed by atoms with Gasteiger partial charge in [-0.2, -0.15) is 0 Å². The molecule has 0 saturated carbocycles. The van der Waals surface area contributed by atoms with Crippen LogP contribution in [0, 0.1) is 0 Å². The molecule has 0 saturated heterocycles. The van der Waals surface area contributed by atoms with Crippen LogP contribution in [-0.4, -0.2) is 34.9 Å². The Kier molecular flexibility index (Phi) is 4.49. The first-order valence-electron chi connectivity index (χ1n) is 7.20. The van der Waals surface area contributed by atoms with E-state index >= 15 is 0 Å². The lowest BCUT2D eigenvalue weighted by Gasteiger charge is -2.35. The molecule has 2 rings (SSSR count). The van der Waals surface area contributed by atoms with Crippen molar-refractivity contribution in [3.63, 3.8) is 0 Å². The van der Waals surface area contributed by atoms with Gasteiger partial charge in [0.25, 0.3) is 5.91 Å². The summed E-state index contributed by atoms with van der Waals surface area (Å²) in [6, 6.07) is 4.79. The lowest BCUT2D eigenvalue weighted by molar-refractivity contribution is -0.137. The number of carbonyl (C=O) groups is 3. The Hall–Kier alpha value is -2.37. The Morgan fingerprint density at radius 1 is 1.32 bits per heavy atom. The Morgan fingerprint density at radius 3 is 2.59 bits per heavy atom. The average Bonchev–Trinajstić information content (AvgIpc) is 2.45. The number of Topliss-reactive ketones (excluding diaryl/α,β-unsaturated/α-hetero) is 1. The van der Waals surface area contributed by atoms with Crippen LogP contribution in [0.3, 0.4) is 0 Å². The second-order valence-corrected chi connectivity index (χ2v) is 5.56. The quantitative estimate of drug-likeness (QED) is 0.844. The van der Waals surface area contributed by atoms with Crippen molar-refractivity contribution in [3.05, 3.63) is 23.8 Å². The second-order valence-electron chi connectivity index (χ2n) is 5.56. The van der Waals surface area contributed by atoms with Crippen LogP contribution in [0.5, 0.6) is 5.75 Å². The van der Waals surface area contributed by atoms with Crippen LogP contribution >= 0.6 is 0 Å². The maximum absolute atomic E-state index is 12.3. The zero-order valence-electron chi connectivity index (χ0n) is 12.8. The van der Waals surface area contributed by atoms with E-state index in [2.05, 4.69) is 0 Å². The Labute approximate surface area is 128 Å². The number of hydrogen-bond donors (Lipinski definition) is 1. The van der Waals surface area contributed by atoms with Crippen LogP contribution < -0.4 is 9.64 Å². The van der Waals surface area contributed by atoms with Crippen LogP contribution in [0.4, 0.5) is 5.69 Å². The Bertz CT molecular complexity index is 623. The van der Waals surface area contributed by atoms with Gasteiger partial charge in [-0.25, -0.2) is 0 Å². The fourth-order valence-electron chi connectivity index (χ4n) is 2.43. The molecule has 22 heavy (non-hydrogen) atoms. The summed E-state index contributed by atoms with van der Waals surface area (Å²) in [7, 11) is 0. The summed E-state index contributed by atoms with van der Waals surface area (Å²) in [5.74, 6) is -0.879. The van der Waals surface area contributed by atoms with Crippen LogP contribution in [0.25, 0.3) is 0 Å². The van der Waals surface area contributed by atoms with Crippen LogP contribution in [0.15, 0.2) is 18.2 Å². The number of ether oxygens (including phenoxy) is 1. The van der Waals surface area contributed by atoms with Crippen molar-refractivity contribution in [1.82, 2.24) is 0 Å². The highest BCUT2D eigenvalue weighted by molar-refractivity contribution is 6.03. The number of fused-ring (bicyclic) bond motifs is 1. The van der Waals surface area contributed by atoms with Gasteiger partial charge in [0, 0.05) is 18.0 Å². The maximum Gasteiger partial charge on any atom is 0.303 e. The molecule has 0 aliphatic carbocycles. The number of anilines is 1. The minimum absolute atomic E-state index is 0.0676. The highest BCUT2D eigenvalue weighted by Crippen LogP contribution is 2.36. The Morgan fingerprint density at radius 2 is 2.00 bits per heavy atom. The van der Waals surface area contributed by atoms with Gasteiger partial charge in [-0.05, 0) is 39.0 Å². The number of rotatable bonds is 5. The first-order valence-corrected chi connectivity index (χ1v) is 7.20. The van der Waals surface area contributed by atoms with Crippen molar-refractivity contribution in [1.29, 1.82) is 0 Å². The zero-order chi connectivity index (χ0) is 16.4. The second kappa shape index (κ2) is 6.17. The summed E-state index contributed by atoms with van der Waals surface area (Å²) in [5, 5.41) is 8.65. The molecule has 0 fully saturated rings. The highest BCUT2D eigenvalue weighted by atomic mass is 16.5. The molecule has 6 nitrogen and oxygen atoms in total. The number of carboxylic acid groups (broad SMARTS) is 1. The molecule has 1 amide bonds. The Balaban J connectivity index is 2.34. The molecule has 6 heteroatoms. The van der Waals surface area contributed by atoms with Crippen molar-refractivity contribution in [2.45, 2.75) is 45.8 Å². The van der Waals surface area contributed by atoms with E-state index in [0.717, 1.165) is 0 Å². The van der Waals surface area contributed by atoms with Gasteiger partial charge in [-0.15, -0.1) is 0 Å². The van der Waals surface area contributed by atoms with Gasteiger partial charge in [-0.1, -0.05) is 0 Å². The first kappa shape index (κ1) is 16.0. The number of ketones is 1. The standard InChI is InChI=1S/C16H19NO5/c1-9(2)17-12-8-11(13(18)5-7-15(19)20)4-6-14(12)22-10(3)16(17)21/h4,6,8-10H,5,7H2,1-3H3,(H,19,20). The highest BCUT2D eigenvalue weighted by Gasteiger charge is 2.33. The minimum atomic E-state index is -1.01. The van der Waals surface area contributed by atoms with Gasteiger partial charge < -0.3 is 14.7 Å².